The molecule has 1 N–H and O–H groups in total. The van der Waals surface area contributed by atoms with Crippen LogP contribution < -0.4 is 5.32 Å². The van der Waals surface area contributed by atoms with Crippen molar-refractivity contribution in [3.05, 3.63) is 34.9 Å². The molecule has 98 valence electrons. The minimum atomic E-state index is -0.156. The summed E-state index contributed by atoms with van der Waals surface area (Å²) in [5.74, 6) is 0.467. The molecule has 18 heavy (non-hydrogen) atoms. The van der Waals surface area contributed by atoms with Crippen LogP contribution in [0.5, 0.6) is 0 Å². The van der Waals surface area contributed by atoms with Crippen LogP contribution in [-0.4, -0.2) is 25.7 Å². The van der Waals surface area contributed by atoms with Crippen LogP contribution >= 0.6 is 11.6 Å². The van der Waals surface area contributed by atoms with Gasteiger partial charge in [-0.05, 0) is 36.5 Å². The molecule has 0 radical (unpaired) electrons. The van der Waals surface area contributed by atoms with Crippen molar-refractivity contribution >= 4 is 17.6 Å². The van der Waals surface area contributed by atoms with Gasteiger partial charge in [-0.15, -0.1) is 0 Å². The molecule has 4 heteroatoms. The number of halogens is 1. The van der Waals surface area contributed by atoms with Gasteiger partial charge in [0.2, 0.25) is 0 Å². The van der Waals surface area contributed by atoms with E-state index in [4.69, 9.17) is 11.6 Å². The van der Waals surface area contributed by atoms with Crippen molar-refractivity contribution < 1.29 is 9.53 Å². The largest absolute Gasteiger partial charge is 0.469 e. The second-order valence-electron chi connectivity index (χ2n) is 4.70. The first-order valence-electron chi connectivity index (χ1n) is 6.24. The zero-order valence-electron chi connectivity index (χ0n) is 10.5. The average Bonchev–Trinajstić information content (AvgIpc) is 2.33. The topological polar surface area (TPSA) is 38.3 Å². The number of hydrogen-bond donors (Lipinski definition) is 1. The highest BCUT2D eigenvalue weighted by Gasteiger charge is 2.29. The fourth-order valence-corrected chi connectivity index (χ4v) is 2.40. The van der Waals surface area contributed by atoms with Crippen LogP contribution in [0.25, 0.3) is 0 Å². The van der Waals surface area contributed by atoms with Gasteiger partial charge < -0.3 is 10.1 Å². The van der Waals surface area contributed by atoms with Gasteiger partial charge in [0.15, 0.2) is 0 Å². The van der Waals surface area contributed by atoms with Gasteiger partial charge in [-0.2, -0.15) is 0 Å². The molecule has 1 saturated carbocycles. The molecule has 0 atom stereocenters. The van der Waals surface area contributed by atoms with Gasteiger partial charge in [0.05, 0.1) is 13.5 Å². The van der Waals surface area contributed by atoms with Gasteiger partial charge in [0.25, 0.3) is 0 Å². The van der Waals surface area contributed by atoms with E-state index in [2.05, 4.69) is 22.2 Å². The van der Waals surface area contributed by atoms with Crippen LogP contribution in [0, 0.1) is 0 Å². The van der Waals surface area contributed by atoms with Gasteiger partial charge in [0, 0.05) is 17.6 Å². The highest BCUT2D eigenvalue weighted by atomic mass is 35.5. The maximum absolute atomic E-state index is 10.9. The smallest absolute Gasteiger partial charge is 0.306 e. The molecule has 0 heterocycles. The molecule has 2 rings (SSSR count). The molecule has 1 aliphatic carbocycles. The number of rotatable bonds is 5. The first-order chi connectivity index (χ1) is 8.69. The van der Waals surface area contributed by atoms with E-state index in [-0.39, 0.29) is 5.97 Å². The summed E-state index contributed by atoms with van der Waals surface area (Å²) in [5.41, 5.74) is 1.35. The first kappa shape index (κ1) is 13.4. The van der Waals surface area contributed by atoms with E-state index in [1.165, 1.54) is 12.7 Å². The predicted molar refractivity (Wildman–Crippen MR) is 71.9 cm³/mol. The number of ether oxygens (including phenoxy) is 1. The van der Waals surface area contributed by atoms with Crippen molar-refractivity contribution in [1.29, 1.82) is 0 Å². The van der Waals surface area contributed by atoms with Crippen LogP contribution in [0.4, 0.5) is 0 Å². The minimum Gasteiger partial charge on any atom is -0.469 e. The zero-order chi connectivity index (χ0) is 13.0. The lowest BCUT2D eigenvalue weighted by Gasteiger charge is -2.36. The molecule has 0 saturated heterocycles. The van der Waals surface area contributed by atoms with Crippen LogP contribution in [0.15, 0.2) is 24.3 Å². The molecule has 3 nitrogen and oxygen atoms in total. The van der Waals surface area contributed by atoms with Crippen LogP contribution in [-0.2, 0) is 9.53 Å². The van der Waals surface area contributed by atoms with Crippen molar-refractivity contribution in [3.8, 4) is 0 Å². The summed E-state index contributed by atoms with van der Waals surface area (Å²) in [6, 6.07) is 8.59. The molecule has 1 aromatic carbocycles. The normalized spacial score (nSPS) is 22.3. The summed E-state index contributed by atoms with van der Waals surface area (Å²) < 4.78 is 4.59. The zero-order valence-corrected chi connectivity index (χ0v) is 11.2. The van der Waals surface area contributed by atoms with Gasteiger partial charge in [0.1, 0.15) is 0 Å². The van der Waals surface area contributed by atoms with Crippen molar-refractivity contribution in [2.24, 2.45) is 0 Å². The third-order valence-corrected chi connectivity index (χ3v) is 3.72. The Labute approximate surface area is 112 Å². The second-order valence-corrected chi connectivity index (χ2v) is 5.13. The molecule has 0 unspecified atom stereocenters. The maximum atomic E-state index is 10.9. The summed E-state index contributed by atoms with van der Waals surface area (Å²) in [7, 11) is 1.42. The number of benzene rings is 1. The molecule has 0 spiro atoms. The SMILES string of the molecule is COC(=O)CCNC1CC(c2ccc(Cl)cc2)C1. The number of hydrogen-bond acceptors (Lipinski definition) is 3. The summed E-state index contributed by atoms with van der Waals surface area (Å²) >= 11 is 5.86. The van der Waals surface area contributed by atoms with Gasteiger partial charge >= 0.3 is 5.97 Å². The van der Waals surface area contributed by atoms with Gasteiger partial charge in [-0.1, -0.05) is 23.7 Å². The summed E-state index contributed by atoms with van der Waals surface area (Å²) in [6.45, 7) is 0.699. The van der Waals surface area contributed by atoms with E-state index < -0.39 is 0 Å². The van der Waals surface area contributed by atoms with E-state index in [1.54, 1.807) is 0 Å². The average molecular weight is 268 g/mol. The van der Waals surface area contributed by atoms with E-state index >= 15 is 0 Å². The molecule has 0 aromatic heterocycles. The maximum Gasteiger partial charge on any atom is 0.306 e. The third kappa shape index (κ3) is 3.47. The molecule has 1 aliphatic rings. The number of esters is 1. The Balaban J connectivity index is 1.67. The fraction of sp³-hybridized carbons (Fsp3) is 0.500. The molecule has 0 bridgehead atoms. The van der Waals surface area contributed by atoms with Gasteiger partial charge in [-0.25, -0.2) is 0 Å². The van der Waals surface area contributed by atoms with E-state index in [9.17, 15) is 4.79 Å². The van der Waals surface area contributed by atoms with E-state index in [1.807, 2.05) is 12.1 Å². The monoisotopic (exact) mass is 267 g/mol. The second kappa shape index (κ2) is 6.21. The van der Waals surface area contributed by atoms with Crippen molar-refractivity contribution in [2.75, 3.05) is 13.7 Å². The molecule has 0 aliphatic heterocycles. The predicted octanol–water partition coefficient (Wildman–Crippen LogP) is 2.74. The number of carbonyl (C=O) groups excluding carboxylic acids is 1. The molecular formula is C14H18ClNO2. The van der Waals surface area contributed by atoms with Crippen molar-refractivity contribution in [1.82, 2.24) is 5.32 Å². The van der Waals surface area contributed by atoms with Crippen LogP contribution in [0.3, 0.4) is 0 Å². The van der Waals surface area contributed by atoms with Crippen LogP contribution in [0.2, 0.25) is 5.02 Å². The quantitative estimate of drug-likeness (QED) is 0.834. The number of methoxy groups -OCH3 is 1. The Hall–Kier alpha value is -1.06. The third-order valence-electron chi connectivity index (χ3n) is 3.47. The standard InChI is InChI=1S/C14H18ClNO2/c1-18-14(17)6-7-16-13-8-11(9-13)10-2-4-12(15)5-3-10/h2-5,11,13,16H,6-9H2,1H3. The van der Waals surface area contributed by atoms with Crippen LogP contribution in [0.1, 0.15) is 30.7 Å². The highest BCUT2D eigenvalue weighted by Crippen LogP contribution is 2.37. The molecule has 0 amide bonds. The van der Waals surface area contributed by atoms with Crippen molar-refractivity contribution in [2.45, 2.75) is 31.2 Å². The number of nitrogens with one attached hydrogen (secondary N) is 1. The lowest BCUT2D eigenvalue weighted by atomic mass is 9.76. The van der Waals surface area contributed by atoms with E-state index in [0.29, 0.717) is 24.9 Å². The Bertz CT molecular complexity index is 399. The first-order valence-corrected chi connectivity index (χ1v) is 6.62. The molecule has 1 fully saturated rings. The van der Waals surface area contributed by atoms with Gasteiger partial charge in [-0.3, -0.25) is 4.79 Å². The lowest BCUT2D eigenvalue weighted by Crippen LogP contribution is -2.40. The Morgan fingerprint density at radius 3 is 2.67 bits per heavy atom. The summed E-state index contributed by atoms with van der Waals surface area (Å²) in [4.78, 5) is 10.9. The lowest BCUT2D eigenvalue weighted by molar-refractivity contribution is -0.140. The Kier molecular flexibility index (Phi) is 4.61. The number of carbonyl (C=O) groups is 1. The summed E-state index contributed by atoms with van der Waals surface area (Å²) in [6.07, 6.45) is 2.70. The Morgan fingerprint density at radius 1 is 1.39 bits per heavy atom. The Morgan fingerprint density at radius 2 is 2.06 bits per heavy atom. The molecule has 1 aromatic rings. The fourth-order valence-electron chi connectivity index (χ4n) is 2.27. The van der Waals surface area contributed by atoms with Crippen molar-refractivity contribution in [3.63, 3.8) is 0 Å². The summed E-state index contributed by atoms with van der Waals surface area (Å²) in [5, 5.41) is 4.15. The molecular weight excluding hydrogens is 250 g/mol. The minimum absolute atomic E-state index is 0.156. The van der Waals surface area contributed by atoms with E-state index in [0.717, 1.165) is 17.9 Å². The highest BCUT2D eigenvalue weighted by molar-refractivity contribution is 6.30.